The molecule has 18 heavy (non-hydrogen) atoms. The Morgan fingerprint density at radius 3 is 2.50 bits per heavy atom. The highest BCUT2D eigenvalue weighted by Gasteiger charge is 2.13. The minimum atomic E-state index is 0.0322. The van der Waals surface area contributed by atoms with Crippen LogP contribution in [0.3, 0.4) is 0 Å². The predicted octanol–water partition coefficient (Wildman–Crippen LogP) is 0.426. The first-order valence-electron chi connectivity index (χ1n) is 5.04. The topological polar surface area (TPSA) is 143 Å². The standard InChI is InChI=1S/C10H9N7O/c11-7-5(4-1-2-18-3-4)14-6-8(12)16-10(13)17-9(6)15-7/h1-3H,(H6,11,12,13,15,16,17). The van der Waals surface area contributed by atoms with Gasteiger partial charge < -0.3 is 21.6 Å². The summed E-state index contributed by atoms with van der Waals surface area (Å²) in [6.45, 7) is 0. The molecule has 3 aromatic heterocycles. The molecule has 6 N–H and O–H groups in total. The van der Waals surface area contributed by atoms with E-state index < -0.39 is 0 Å². The molecule has 3 heterocycles. The van der Waals surface area contributed by atoms with E-state index in [0.717, 1.165) is 0 Å². The highest BCUT2D eigenvalue weighted by molar-refractivity contribution is 5.86. The first-order chi connectivity index (χ1) is 8.65. The monoisotopic (exact) mass is 243 g/mol. The molecule has 0 bridgehead atoms. The number of rotatable bonds is 1. The van der Waals surface area contributed by atoms with Gasteiger partial charge in [-0.1, -0.05) is 0 Å². The first-order valence-corrected chi connectivity index (χ1v) is 5.04. The smallest absolute Gasteiger partial charge is 0.224 e. The van der Waals surface area contributed by atoms with Crippen molar-refractivity contribution in [3.05, 3.63) is 18.6 Å². The van der Waals surface area contributed by atoms with E-state index in [1.807, 2.05) is 0 Å². The Hall–Kier alpha value is -2.90. The number of hydrogen-bond donors (Lipinski definition) is 3. The van der Waals surface area contributed by atoms with Gasteiger partial charge in [0.05, 0.1) is 12.5 Å². The molecule has 0 aliphatic rings. The van der Waals surface area contributed by atoms with Crippen molar-refractivity contribution in [2.24, 2.45) is 0 Å². The quantitative estimate of drug-likeness (QED) is 0.558. The first kappa shape index (κ1) is 10.3. The fourth-order valence-electron chi connectivity index (χ4n) is 1.61. The molecule has 90 valence electrons. The van der Waals surface area contributed by atoms with Gasteiger partial charge in [0.25, 0.3) is 0 Å². The summed E-state index contributed by atoms with van der Waals surface area (Å²) >= 11 is 0. The normalized spacial score (nSPS) is 10.9. The zero-order valence-corrected chi connectivity index (χ0v) is 9.16. The van der Waals surface area contributed by atoms with Crippen molar-refractivity contribution in [1.82, 2.24) is 19.9 Å². The van der Waals surface area contributed by atoms with Crippen molar-refractivity contribution in [2.45, 2.75) is 0 Å². The molecular weight excluding hydrogens is 234 g/mol. The SMILES string of the molecule is Nc1nc(N)c2nc(-c3ccoc3)c(N)nc2n1. The summed E-state index contributed by atoms with van der Waals surface area (Å²) in [7, 11) is 0. The summed E-state index contributed by atoms with van der Waals surface area (Å²) in [4.78, 5) is 16.2. The van der Waals surface area contributed by atoms with Crippen LogP contribution in [0, 0.1) is 0 Å². The number of anilines is 3. The molecule has 0 spiro atoms. The van der Waals surface area contributed by atoms with Crippen LogP contribution in [-0.4, -0.2) is 19.9 Å². The molecular formula is C10H9N7O. The highest BCUT2D eigenvalue weighted by atomic mass is 16.3. The van der Waals surface area contributed by atoms with Crippen molar-refractivity contribution in [3.8, 4) is 11.3 Å². The number of nitrogens with zero attached hydrogens (tertiary/aromatic N) is 4. The van der Waals surface area contributed by atoms with Crippen LogP contribution in [0.1, 0.15) is 0 Å². The maximum Gasteiger partial charge on any atom is 0.224 e. The number of fused-ring (bicyclic) bond motifs is 1. The van der Waals surface area contributed by atoms with E-state index in [1.165, 1.54) is 12.5 Å². The van der Waals surface area contributed by atoms with Gasteiger partial charge in [0, 0.05) is 5.56 Å². The minimum absolute atomic E-state index is 0.0322. The molecule has 3 rings (SSSR count). The fourth-order valence-corrected chi connectivity index (χ4v) is 1.61. The Kier molecular flexibility index (Phi) is 2.03. The molecule has 0 aliphatic heterocycles. The number of nitrogen functional groups attached to an aromatic ring is 3. The van der Waals surface area contributed by atoms with Gasteiger partial charge in [-0.2, -0.15) is 9.97 Å². The van der Waals surface area contributed by atoms with E-state index in [1.54, 1.807) is 6.07 Å². The predicted molar refractivity (Wildman–Crippen MR) is 66.1 cm³/mol. The molecule has 8 nitrogen and oxygen atoms in total. The summed E-state index contributed by atoms with van der Waals surface area (Å²) in [5.41, 5.74) is 18.8. The van der Waals surface area contributed by atoms with Gasteiger partial charge in [0.1, 0.15) is 5.69 Å². The molecule has 0 atom stereocenters. The van der Waals surface area contributed by atoms with E-state index in [2.05, 4.69) is 19.9 Å². The molecule has 0 radical (unpaired) electrons. The summed E-state index contributed by atoms with van der Waals surface area (Å²) in [6.07, 6.45) is 3.03. The molecule has 0 amide bonds. The van der Waals surface area contributed by atoms with E-state index in [-0.39, 0.29) is 23.2 Å². The lowest BCUT2D eigenvalue weighted by atomic mass is 10.2. The highest BCUT2D eigenvalue weighted by Crippen LogP contribution is 2.26. The zero-order valence-electron chi connectivity index (χ0n) is 9.16. The third-order valence-corrected chi connectivity index (χ3v) is 2.40. The maximum atomic E-state index is 5.82. The van der Waals surface area contributed by atoms with Crippen molar-refractivity contribution in [2.75, 3.05) is 17.2 Å². The zero-order chi connectivity index (χ0) is 12.7. The maximum absolute atomic E-state index is 5.82. The van der Waals surface area contributed by atoms with E-state index in [4.69, 9.17) is 21.6 Å². The number of furan rings is 1. The number of aromatic nitrogens is 4. The Morgan fingerprint density at radius 2 is 1.78 bits per heavy atom. The Bertz CT molecular complexity index is 723. The molecule has 0 saturated heterocycles. The second kappa shape index (κ2) is 3.55. The number of nitrogens with two attached hydrogens (primary N) is 3. The lowest BCUT2D eigenvalue weighted by Gasteiger charge is -2.05. The minimum Gasteiger partial charge on any atom is -0.472 e. The van der Waals surface area contributed by atoms with Crippen LogP contribution in [0.4, 0.5) is 17.6 Å². The van der Waals surface area contributed by atoms with E-state index >= 15 is 0 Å². The van der Waals surface area contributed by atoms with Crippen molar-refractivity contribution >= 4 is 28.7 Å². The average Bonchev–Trinajstić information content (AvgIpc) is 2.81. The third-order valence-electron chi connectivity index (χ3n) is 2.40. The van der Waals surface area contributed by atoms with Crippen LogP contribution >= 0.6 is 0 Å². The lowest BCUT2D eigenvalue weighted by molar-refractivity contribution is 0.568. The van der Waals surface area contributed by atoms with Crippen LogP contribution in [0.25, 0.3) is 22.4 Å². The number of hydrogen-bond acceptors (Lipinski definition) is 8. The second-order valence-electron chi connectivity index (χ2n) is 3.61. The summed E-state index contributed by atoms with van der Waals surface area (Å²) in [5.74, 6) is 0.418. The summed E-state index contributed by atoms with van der Waals surface area (Å²) < 4.78 is 4.98. The van der Waals surface area contributed by atoms with Crippen molar-refractivity contribution in [3.63, 3.8) is 0 Å². The van der Waals surface area contributed by atoms with Crippen LogP contribution in [0.2, 0.25) is 0 Å². The molecule has 0 aromatic carbocycles. The molecule has 0 unspecified atom stereocenters. The van der Waals surface area contributed by atoms with Crippen molar-refractivity contribution < 1.29 is 4.42 Å². The molecule has 0 saturated carbocycles. The van der Waals surface area contributed by atoms with Crippen LogP contribution in [0.15, 0.2) is 23.0 Å². The van der Waals surface area contributed by atoms with Gasteiger partial charge >= 0.3 is 0 Å². The fraction of sp³-hybridized carbons (Fsp3) is 0. The molecule has 8 heteroatoms. The van der Waals surface area contributed by atoms with E-state index in [9.17, 15) is 0 Å². The average molecular weight is 243 g/mol. The lowest BCUT2D eigenvalue weighted by Crippen LogP contribution is -2.06. The Labute approximate surface area is 101 Å². The van der Waals surface area contributed by atoms with Gasteiger partial charge in [-0.25, -0.2) is 9.97 Å². The van der Waals surface area contributed by atoms with Crippen molar-refractivity contribution in [1.29, 1.82) is 0 Å². The van der Waals surface area contributed by atoms with Gasteiger partial charge in [-0.3, -0.25) is 0 Å². The van der Waals surface area contributed by atoms with Crippen LogP contribution in [-0.2, 0) is 0 Å². The third kappa shape index (κ3) is 1.47. The molecule has 0 aliphatic carbocycles. The Balaban J connectivity index is 2.33. The van der Waals surface area contributed by atoms with Gasteiger partial charge in [0.2, 0.25) is 5.95 Å². The summed E-state index contributed by atoms with van der Waals surface area (Å²) in [6, 6.07) is 1.72. The second-order valence-corrected chi connectivity index (χ2v) is 3.61. The van der Waals surface area contributed by atoms with Gasteiger partial charge in [-0.05, 0) is 6.07 Å². The van der Waals surface area contributed by atoms with Gasteiger partial charge in [0.15, 0.2) is 22.8 Å². The molecule has 3 aromatic rings. The van der Waals surface area contributed by atoms with Crippen LogP contribution in [0.5, 0.6) is 0 Å². The van der Waals surface area contributed by atoms with Crippen LogP contribution < -0.4 is 17.2 Å². The Morgan fingerprint density at radius 1 is 0.944 bits per heavy atom. The largest absolute Gasteiger partial charge is 0.472 e. The summed E-state index contributed by atoms with van der Waals surface area (Å²) in [5, 5.41) is 0. The van der Waals surface area contributed by atoms with E-state index in [0.29, 0.717) is 16.8 Å². The molecule has 0 fully saturated rings. The van der Waals surface area contributed by atoms with Gasteiger partial charge in [-0.15, -0.1) is 0 Å².